The van der Waals surface area contributed by atoms with Crippen molar-refractivity contribution in [3.05, 3.63) is 0 Å². The highest BCUT2D eigenvalue weighted by atomic mass is 31.0. The van der Waals surface area contributed by atoms with Gasteiger partial charge in [-0.3, -0.25) is 0 Å². The van der Waals surface area contributed by atoms with E-state index >= 15 is 0 Å². The van der Waals surface area contributed by atoms with Gasteiger partial charge in [0, 0.05) is 34.1 Å². The highest BCUT2D eigenvalue weighted by molar-refractivity contribution is 7.10. The third kappa shape index (κ3) is 8.08. The van der Waals surface area contributed by atoms with Gasteiger partial charge in [0.2, 0.25) is 0 Å². The van der Waals surface area contributed by atoms with Gasteiger partial charge in [-0.15, -0.1) is 0 Å². The maximum atomic E-state index is 5.48. The molecule has 0 saturated carbocycles. The van der Waals surface area contributed by atoms with Crippen molar-refractivity contribution in [3.63, 3.8) is 0 Å². The Kier molecular flexibility index (Phi) is 14.6. The lowest BCUT2D eigenvalue weighted by Gasteiger charge is -2.37. The van der Waals surface area contributed by atoms with Crippen molar-refractivity contribution in [2.75, 3.05) is 13.2 Å². The SMILES string of the molecule is C.C.C[C@@H]1CC(OP)OC[C@@H]1C.C[C@H]1[C@@H](C)COC(OP)[C@@H]1C.[2HH].[HH]. The molecule has 0 aromatic rings. The van der Waals surface area contributed by atoms with E-state index in [-0.39, 0.29) is 30.3 Å². The summed E-state index contributed by atoms with van der Waals surface area (Å²) in [5.41, 5.74) is 0. The van der Waals surface area contributed by atoms with E-state index < -0.39 is 0 Å². The molecule has 146 valence electrons. The van der Waals surface area contributed by atoms with Gasteiger partial charge < -0.3 is 18.5 Å². The molecule has 6 heteroatoms. The van der Waals surface area contributed by atoms with Gasteiger partial charge in [0.05, 0.1) is 13.2 Å². The van der Waals surface area contributed by atoms with Gasteiger partial charge in [-0.05, 0) is 23.7 Å². The molecule has 2 aliphatic rings. The van der Waals surface area contributed by atoms with Gasteiger partial charge in [-0.1, -0.05) is 49.5 Å². The Morgan fingerprint density at radius 3 is 1.87 bits per heavy atom. The average Bonchev–Trinajstić information content (AvgIpc) is 2.48. The van der Waals surface area contributed by atoms with E-state index in [0.29, 0.717) is 23.7 Å². The Hall–Kier alpha value is 0.700. The molecule has 2 fully saturated rings. The summed E-state index contributed by atoms with van der Waals surface area (Å²) in [7, 11) is 4.52. The molecule has 2 aliphatic heterocycles. The Labute approximate surface area is 152 Å². The molecule has 2 heterocycles. The van der Waals surface area contributed by atoms with Gasteiger partial charge >= 0.3 is 0 Å². The van der Waals surface area contributed by atoms with Crippen LogP contribution in [0.2, 0.25) is 0 Å². The summed E-state index contributed by atoms with van der Waals surface area (Å²) in [6.07, 6.45) is 1.01. The molecule has 0 aromatic heterocycles. The molecule has 2 saturated heterocycles. The lowest BCUT2D eigenvalue weighted by atomic mass is 9.83. The fourth-order valence-electron chi connectivity index (χ4n) is 2.60. The Bertz CT molecular complexity index is 302. The van der Waals surface area contributed by atoms with Crippen molar-refractivity contribution in [1.29, 1.82) is 0 Å². The number of ether oxygens (including phenoxy) is 2. The zero-order valence-corrected chi connectivity index (χ0v) is 16.3. The third-order valence-electron chi connectivity index (χ3n) is 5.05. The predicted octanol–water partition coefficient (Wildman–Crippen LogP) is 5.63. The normalized spacial score (nSPS) is 40.0. The van der Waals surface area contributed by atoms with Gasteiger partial charge in [0.1, 0.15) is 0 Å². The molecular weight excluding hydrogens is 330 g/mol. The fourth-order valence-corrected chi connectivity index (χ4v) is 3.12. The van der Waals surface area contributed by atoms with E-state index in [2.05, 4.69) is 53.6 Å². The summed E-state index contributed by atoms with van der Waals surface area (Å²) in [4.78, 5) is 0. The minimum absolute atomic E-state index is 0. The van der Waals surface area contributed by atoms with Crippen LogP contribution in [0.25, 0.3) is 0 Å². The highest BCUT2D eigenvalue weighted by Gasteiger charge is 2.32. The smallest absolute Gasteiger partial charge is 0.163 e. The fraction of sp³-hybridized carbons (Fsp3) is 1.00. The predicted molar refractivity (Wildman–Crippen MR) is 109 cm³/mol. The van der Waals surface area contributed by atoms with E-state index in [0.717, 1.165) is 25.6 Å². The average molecular weight is 375 g/mol. The number of hydrogen-bond acceptors (Lipinski definition) is 4. The van der Waals surface area contributed by atoms with Crippen molar-refractivity contribution in [2.45, 2.75) is 68.5 Å². The minimum atomic E-state index is -0.0220. The van der Waals surface area contributed by atoms with Crippen LogP contribution in [0.1, 0.15) is 58.7 Å². The first-order valence-corrected chi connectivity index (χ1v) is 8.79. The molecule has 4 nitrogen and oxygen atoms in total. The van der Waals surface area contributed by atoms with Crippen LogP contribution in [0.3, 0.4) is 0 Å². The lowest BCUT2D eigenvalue weighted by Crippen LogP contribution is -2.38. The van der Waals surface area contributed by atoms with Gasteiger partial charge in [0.25, 0.3) is 0 Å². The summed E-state index contributed by atoms with van der Waals surface area (Å²) in [5.74, 6) is 3.24. The zero-order chi connectivity index (χ0) is 16.0. The van der Waals surface area contributed by atoms with Crippen LogP contribution in [0.15, 0.2) is 0 Å². The second-order valence-electron chi connectivity index (χ2n) is 6.62. The molecule has 23 heavy (non-hydrogen) atoms. The molecule has 0 N–H and O–H groups in total. The first kappa shape index (κ1) is 25.9. The lowest BCUT2D eigenvalue weighted by molar-refractivity contribution is -0.165. The molecule has 2 rings (SSSR count). The van der Waals surface area contributed by atoms with E-state index in [1.165, 1.54) is 0 Å². The van der Waals surface area contributed by atoms with Gasteiger partial charge in [-0.2, -0.15) is 0 Å². The molecule has 0 aromatic carbocycles. The van der Waals surface area contributed by atoms with Gasteiger partial charge in [-0.25, -0.2) is 0 Å². The van der Waals surface area contributed by atoms with Crippen molar-refractivity contribution < 1.29 is 21.4 Å². The second-order valence-corrected chi connectivity index (χ2v) is 7.17. The molecule has 0 spiro atoms. The topological polar surface area (TPSA) is 36.9 Å². The molecular formula is C17H44O4P2. The largest absolute Gasteiger partial charge is 0.352 e. The summed E-state index contributed by atoms with van der Waals surface area (Å²) in [6.45, 7) is 12.8. The number of hydrogen-bond donors (Lipinski definition) is 0. The maximum Gasteiger partial charge on any atom is 0.163 e. The third-order valence-corrected chi connectivity index (χ3v) is 5.62. The Morgan fingerprint density at radius 1 is 0.826 bits per heavy atom. The first-order chi connectivity index (χ1) is 9.90. The van der Waals surface area contributed by atoms with Gasteiger partial charge in [0.15, 0.2) is 12.6 Å². The molecule has 0 bridgehead atoms. The Balaban J connectivity index is -0.000000152. The van der Waals surface area contributed by atoms with Crippen LogP contribution in [-0.4, -0.2) is 25.8 Å². The van der Waals surface area contributed by atoms with Crippen LogP contribution in [0.4, 0.5) is 0 Å². The molecule has 9 atom stereocenters. The summed E-state index contributed by atoms with van der Waals surface area (Å²) < 4.78 is 21.0. The van der Waals surface area contributed by atoms with Crippen LogP contribution < -0.4 is 0 Å². The van der Waals surface area contributed by atoms with Crippen molar-refractivity contribution in [3.8, 4) is 0 Å². The molecule has 0 aliphatic carbocycles. The standard InChI is InChI=1S/C8H17O2P.C7H15O2P.2CH4.2H2/c1-5-4-9-8(10-11)7(3)6(5)2;1-5-3-7(9-10)8-4-6(5)2;;;;/h5-8H,4,11H2,1-3H3;5-7H,3-4,10H2,1-2H3;2*1H4;2*1H/t5-,6-,7+,8?;5-,6+,7?;;;;/m01..../s1/i;;;;1+1;. The van der Waals surface area contributed by atoms with E-state index in [9.17, 15) is 0 Å². The second kappa shape index (κ2) is 13.0. The van der Waals surface area contributed by atoms with Crippen LogP contribution in [0, 0.1) is 29.6 Å². The first-order valence-electron chi connectivity index (χ1n) is 7.84. The Morgan fingerprint density at radius 2 is 1.39 bits per heavy atom. The summed E-state index contributed by atoms with van der Waals surface area (Å²) in [6, 6.07) is 0. The zero-order valence-electron chi connectivity index (χ0n) is 14.0. The van der Waals surface area contributed by atoms with E-state index in [4.69, 9.17) is 18.5 Å². The van der Waals surface area contributed by atoms with Crippen LogP contribution in [-0.2, 0) is 18.5 Å². The van der Waals surface area contributed by atoms with E-state index in [1.54, 1.807) is 0 Å². The summed E-state index contributed by atoms with van der Waals surface area (Å²) >= 11 is 0. The van der Waals surface area contributed by atoms with Crippen LogP contribution in [0.5, 0.6) is 0 Å². The minimum Gasteiger partial charge on any atom is -0.352 e. The molecule has 0 amide bonds. The maximum absolute atomic E-state index is 5.48. The highest BCUT2D eigenvalue weighted by Crippen LogP contribution is 2.31. The molecule has 0 radical (unpaired) electrons. The van der Waals surface area contributed by atoms with Crippen molar-refractivity contribution in [1.82, 2.24) is 0 Å². The van der Waals surface area contributed by atoms with Crippen molar-refractivity contribution >= 4 is 18.9 Å². The van der Waals surface area contributed by atoms with E-state index in [1.807, 2.05) is 0 Å². The summed E-state index contributed by atoms with van der Waals surface area (Å²) in [5, 5.41) is 0. The quantitative estimate of drug-likeness (QED) is 0.586. The van der Waals surface area contributed by atoms with Crippen LogP contribution >= 0.6 is 18.9 Å². The molecule has 4 unspecified atom stereocenters. The van der Waals surface area contributed by atoms with Crippen molar-refractivity contribution in [2.24, 2.45) is 29.6 Å². The number of rotatable bonds is 2. The monoisotopic (exact) mass is 375 g/mol.